The van der Waals surface area contributed by atoms with E-state index < -0.39 is 11.7 Å². The van der Waals surface area contributed by atoms with Crippen molar-refractivity contribution in [2.24, 2.45) is 0 Å². The zero-order chi connectivity index (χ0) is 21.1. The second-order valence-electron chi connectivity index (χ2n) is 7.17. The number of alkyl halides is 3. The predicted octanol–water partition coefficient (Wildman–Crippen LogP) is 4.25. The number of nitrogens with one attached hydrogen (secondary N) is 1. The summed E-state index contributed by atoms with van der Waals surface area (Å²) in [6.45, 7) is 3.79. The molecule has 0 aliphatic carbocycles. The number of pyridine rings is 1. The zero-order valence-electron chi connectivity index (χ0n) is 16.0. The first kappa shape index (κ1) is 20.6. The van der Waals surface area contributed by atoms with Crippen molar-refractivity contribution in [2.45, 2.75) is 19.1 Å². The van der Waals surface area contributed by atoms with E-state index in [1.807, 2.05) is 17.0 Å². The van der Waals surface area contributed by atoms with Crippen molar-refractivity contribution in [3.05, 3.63) is 59.0 Å². The smallest absolute Gasteiger partial charge is 0.354 e. The Morgan fingerprint density at radius 1 is 1.03 bits per heavy atom. The number of benzene rings is 1. The van der Waals surface area contributed by atoms with Gasteiger partial charge in [-0.1, -0.05) is 35.9 Å². The number of aromatic amines is 1. The van der Waals surface area contributed by atoms with Crippen LogP contribution in [-0.2, 0) is 12.7 Å². The molecule has 3 heterocycles. The fourth-order valence-electron chi connectivity index (χ4n) is 3.53. The molecule has 0 atom stereocenters. The molecule has 0 spiro atoms. The molecule has 1 N–H and O–H groups in total. The standard InChI is InChI=1S/C20H20ClF3N6/c21-17-10-16(20(22,23)24)11-25-19(17)30-7-1-6-29(8-9-30)12-14-2-4-15(5-3-14)18-26-13-27-28-18/h2-5,10-11,13H,1,6-9,12H2,(H,26,27,28). The average molecular weight is 437 g/mol. The predicted molar refractivity (Wildman–Crippen MR) is 108 cm³/mol. The summed E-state index contributed by atoms with van der Waals surface area (Å²) in [4.78, 5) is 12.4. The van der Waals surface area contributed by atoms with E-state index in [-0.39, 0.29) is 5.02 Å². The van der Waals surface area contributed by atoms with Crippen LogP contribution in [0, 0.1) is 0 Å². The first-order valence-corrected chi connectivity index (χ1v) is 9.93. The van der Waals surface area contributed by atoms with Gasteiger partial charge in [0, 0.05) is 44.5 Å². The van der Waals surface area contributed by atoms with Crippen LogP contribution in [0.1, 0.15) is 17.5 Å². The second kappa shape index (κ2) is 8.61. The third kappa shape index (κ3) is 4.73. The molecule has 1 fully saturated rings. The van der Waals surface area contributed by atoms with Crippen LogP contribution in [0.15, 0.2) is 42.9 Å². The van der Waals surface area contributed by atoms with Gasteiger partial charge in [-0.25, -0.2) is 9.97 Å². The first-order chi connectivity index (χ1) is 14.4. The number of halogens is 4. The molecule has 2 aromatic heterocycles. The van der Waals surface area contributed by atoms with Gasteiger partial charge in [0.2, 0.25) is 0 Å². The van der Waals surface area contributed by atoms with Gasteiger partial charge in [0.1, 0.15) is 12.1 Å². The SMILES string of the molecule is FC(F)(F)c1cnc(N2CCCN(Cc3ccc(-c4ncn[nH]4)cc3)CC2)c(Cl)c1. The lowest BCUT2D eigenvalue weighted by molar-refractivity contribution is -0.137. The Balaban J connectivity index is 1.38. The maximum absolute atomic E-state index is 12.8. The molecule has 0 unspecified atom stereocenters. The van der Waals surface area contributed by atoms with Crippen molar-refractivity contribution >= 4 is 17.4 Å². The van der Waals surface area contributed by atoms with Crippen molar-refractivity contribution in [1.29, 1.82) is 0 Å². The van der Waals surface area contributed by atoms with Crippen molar-refractivity contribution < 1.29 is 13.2 Å². The van der Waals surface area contributed by atoms with E-state index in [1.54, 1.807) is 0 Å². The molecule has 0 bridgehead atoms. The summed E-state index contributed by atoms with van der Waals surface area (Å²) < 4.78 is 38.5. The molecule has 0 saturated carbocycles. The maximum Gasteiger partial charge on any atom is 0.417 e. The Labute approximate surface area is 176 Å². The van der Waals surface area contributed by atoms with Crippen LogP contribution in [0.5, 0.6) is 0 Å². The van der Waals surface area contributed by atoms with Crippen LogP contribution in [-0.4, -0.2) is 51.2 Å². The van der Waals surface area contributed by atoms with Gasteiger partial charge in [-0.2, -0.15) is 18.3 Å². The lowest BCUT2D eigenvalue weighted by atomic mass is 10.1. The van der Waals surface area contributed by atoms with Crippen LogP contribution < -0.4 is 4.90 Å². The fourth-order valence-corrected chi connectivity index (χ4v) is 3.82. The Morgan fingerprint density at radius 3 is 2.50 bits per heavy atom. The van der Waals surface area contributed by atoms with Crippen LogP contribution in [0.3, 0.4) is 0 Å². The Bertz CT molecular complexity index is 975. The van der Waals surface area contributed by atoms with Crippen molar-refractivity contribution in [3.8, 4) is 11.4 Å². The third-order valence-corrected chi connectivity index (χ3v) is 5.36. The first-order valence-electron chi connectivity index (χ1n) is 9.55. The molecule has 0 radical (unpaired) electrons. The van der Waals surface area contributed by atoms with Gasteiger partial charge in [-0.05, 0) is 18.1 Å². The average Bonchev–Trinajstić information content (AvgIpc) is 3.16. The minimum absolute atomic E-state index is 0.0290. The van der Waals surface area contributed by atoms with Gasteiger partial charge in [0.05, 0.1) is 10.6 Å². The van der Waals surface area contributed by atoms with Gasteiger partial charge in [-0.15, -0.1) is 0 Å². The monoisotopic (exact) mass is 436 g/mol. The van der Waals surface area contributed by atoms with Crippen LogP contribution in [0.4, 0.5) is 19.0 Å². The van der Waals surface area contributed by atoms with E-state index in [9.17, 15) is 13.2 Å². The van der Waals surface area contributed by atoms with Crippen molar-refractivity contribution in [2.75, 3.05) is 31.1 Å². The Morgan fingerprint density at radius 2 is 1.83 bits per heavy atom. The van der Waals surface area contributed by atoms with E-state index in [1.165, 1.54) is 11.9 Å². The summed E-state index contributed by atoms with van der Waals surface area (Å²) in [5, 5.41) is 6.73. The molecule has 6 nitrogen and oxygen atoms in total. The molecule has 1 saturated heterocycles. The highest BCUT2D eigenvalue weighted by atomic mass is 35.5. The summed E-state index contributed by atoms with van der Waals surface area (Å²) in [7, 11) is 0. The van der Waals surface area contributed by atoms with Crippen LogP contribution >= 0.6 is 11.6 Å². The summed E-state index contributed by atoms with van der Waals surface area (Å²) in [5.41, 5.74) is 1.32. The largest absolute Gasteiger partial charge is 0.417 e. The molecule has 158 valence electrons. The molecule has 4 rings (SSSR count). The number of anilines is 1. The lowest BCUT2D eigenvalue weighted by Crippen LogP contribution is -2.31. The lowest BCUT2D eigenvalue weighted by Gasteiger charge is -2.24. The topological polar surface area (TPSA) is 60.9 Å². The Kier molecular flexibility index (Phi) is 5.92. The molecule has 3 aromatic rings. The molecule has 1 aliphatic heterocycles. The van der Waals surface area contributed by atoms with E-state index in [0.717, 1.165) is 49.7 Å². The molecular formula is C20H20ClF3N6. The third-order valence-electron chi connectivity index (χ3n) is 5.09. The summed E-state index contributed by atoms with van der Waals surface area (Å²) in [6, 6.07) is 9.09. The van der Waals surface area contributed by atoms with Gasteiger partial charge in [-0.3, -0.25) is 10.00 Å². The fraction of sp³-hybridized carbons (Fsp3) is 0.350. The molecule has 1 aliphatic rings. The number of rotatable bonds is 4. The minimum atomic E-state index is -4.45. The van der Waals surface area contributed by atoms with Gasteiger partial charge >= 0.3 is 6.18 Å². The second-order valence-corrected chi connectivity index (χ2v) is 7.58. The van der Waals surface area contributed by atoms with E-state index in [2.05, 4.69) is 37.2 Å². The van der Waals surface area contributed by atoms with Crippen LogP contribution in [0.25, 0.3) is 11.4 Å². The Hall–Kier alpha value is -2.65. The molecule has 30 heavy (non-hydrogen) atoms. The van der Waals surface area contributed by atoms with Gasteiger partial charge in [0.25, 0.3) is 0 Å². The highest BCUT2D eigenvalue weighted by molar-refractivity contribution is 6.33. The highest BCUT2D eigenvalue weighted by Gasteiger charge is 2.32. The highest BCUT2D eigenvalue weighted by Crippen LogP contribution is 2.33. The van der Waals surface area contributed by atoms with E-state index >= 15 is 0 Å². The molecule has 0 amide bonds. The van der Waals surface area contributed by atoms with Gasteiger partial charge < -0.3 is 4.90 Å². The summed E-state index contributed by atoms with van der Waals surface area (Å²) in [6.07, 6.45) is -1.26. The molecule has 1 aromatic carbocycles. The molecular weight excluding hydrogens is 417 g/mol. The number of nitrogens with zero attached hydrogens (tertiary/aromatic N) is 5. The van der Waals surface area contributed by atoms with E-state index in [4.69, 9.17) is 11.6 Å². The van der Waals surface area contributed by atoms with Crippen molar-refractivity contribution in [3.63, 3.8) is 0 Å². The van der Waals surface area contributed by atoms with E-state index in [0.29, 0.717) is 18.9 Å². The minimum Gasteiger partial charge on any atom is -0.354 e. The zero-order valence-corrected chi connectivity index (χ0v) is 16.8. The van der Waals surface area contributed by atoms with Gasteiger partial charge in [0.15, 0.2) is 5.82 Å². The summed E-state index contributed by atoms with van der Waals surface area (Å²) in [5.74, 6) is 1.14. The number of H-pyrrole nitrogens is 1. The summed E-state index contributed by atoms with van der Waals surface area (Å²) >= 11 is 6.12. The quantitative estimate of drug-likeness (QED) is 0.662. The number of hydrogen-bond acceptors (Lipinski definition) is 5. The number of hydrogen-bond donors (Lipinski definition) is 1. The normalized spacial score (nSPS) is 15.9. The maximum atomic E-state index is 12.8. The van der Waals surface area contributed by atoms with Crippen LogP contribution in [0.2, 0.25) is 5.02 Å². The van der Waals surface area contributed by atoms with Crippen molar-refractivity contribution in [1.82, 2.24) is 25.1 Å². The molecule has 10 heteroatoms. The number of aromatic nitrogens is 4.